The minimum Gasteiger partial charge on any atom is -0.478 e. The normalized spacial score (nSPS) is 10.8. The van der Waals surface area contributed by atoms with E-state index in [0.29, 0.717) is 5.02 Å². The van der Waals surface area contributed by atoms with Crippen molar-refractivity contribution < 1.29 is 9.90 Å². The molecule has 0 unspecified atom stereocenters. The van der Waals surface area contributed by atoms with Crippen LogP contribution < -0.4 is 0 Å². The van der Waals surface area contributed by atoms with Gasteiger partial charge in [0.25, 0.3) is 0 Å². The third kappa shape index (κ3) is 4.04. The molecule has 16 heavy (non-hydrogen) atoms. The molecule has 0 bridgehead atoms. The maximum atomic E-state index is 10.7. The van der Waals surface area contributed by atoms with Crippen LogP contribution in [0.3, 0.4) is 0 Å². The van der Waals surface area contributed by atoms with Crippen LogP contribution in [0.2, 0.25) is 5.02 Å². The molecule has 3 nitrogen and oxygen atoms in total. The number of carboxylic acids is 1. The topological polar surface area (TPSA) is 40.5 Å². The van der Waals surface area contributed by atoms with Crippen molar-refractivity contribution in [3.63, 3.8) is 0 Å². The minimum absolute atomic E-state index is 0.224. The Morgan fingerprint density at radius 3 is 2.69 bits per heavy atom. The lowest BCUT2D eigenvalue weighted by atomic mass is 10.2. The number of thioether (sulfide) groups is 1. The van der Waals surface area contributed by atoms with Gasteiger partial charge in [0.15, 0.2) is 0 Å². The molecular weight excluding hydrogens is 246 g/mol. The summed E-state index contributed by atoms with van der Waals surface area (Å²) < 4.78 is 0. The van der Waals surface area contributed by atoms with Crippen LogP contribution in [0.4, 0.5) is 0 Å². The first kappa shape index (κ1) is 13.4. The number of aromatic carboxylic acids is 1. The summed E-state index contributed by atoms with van der Waals surface area (Å²) in [7, 11) is 4.02. The fraction of sp³-hybridized carbons (Fsp3) is 0.364. The minimum atomic E-state index is -0.952. The first-order valence-corrected chi connectivity index (χ1v) is 6.17. The fourth-order valence-corrected chi connectivity index (χ4v) is 2.47. The molecule has 0 spiro atoms. The number of nitrogens with zero attached hydrogens (tertiary/aromatic N) is 1. The van der Waals surface area contributed by atoms with Crippen LogP contribution in [0.1, 0.15) is 10.4 Å². The first-order chi connectivity index (χ1) is 7.50. The summed E-state index contributed by atoms with van der Waals surface area (Å²) in [4.78, 5) is 13.7. The molecule has 0 atom stereocenters. The third-order valence-electron chi connectivity index (χ3n) is 1.97. The summed E-state index contributed by atoms with van der Waals surface area (Å²) in [5.41, 5.74) is 0.224. The summed E-state index contributed by atoms with van der Waals surface area (Å²) in [6.07, 6.45) is 0. The number of halogens is 1. The van der Waals surface area contributed by atoms with Gasteiger partial charge in [0.1, 0.15) is 0 Å². The van der Waals surface area contributed by atoms with Crippen molar-refractivity contribution in [2.24, 2.45) is 0 Å². The van der Waals surface area contributed by atoms with Gasteiger partial charge in [-0.25, -0.2) is 4.79 Å². The number of carboxylic acid groups (broad SMARTS) is 1. The Hall–Kier alpha value is -0.710. The van der Waals surface area contributed by atoms with Crippen molar-refractivity contribution in [1.82, 2.24) is 4.90 Å². The highest BCUT2D eigenvalue weighted by Gasteiger charge is 2.07. The first-order valence-electron chi connectivity index (χ1n) is 4.81. The van der Waals surface area contributed by atoms with Crippen molar-refractivity contribution in [1.29, 1.82) is 0 Å². The second kappa shape index (κ2) is 6.13. The van der Waals surface area contributed by atoms with Crippen LogP contribution >= 0.6 is 23.4 Å². The molecule has 0 fully saturated rings. The summed E-state index contributed by atoms with van der Waals surface area (Å²) in [5, 5.41) is 9.28. The quantitative estimate of drug-likeness (QED) is 0.826. The fourth-order valence-electron chi connectivity index (χ4n) is 1.09. The summed E-state index contributed by atoms with van der Waals surface area (Å²) in [5.74, 6) is -0.0224. The van der Waals surface area contributed by atoms with E-state index in [4.69, 9.17) is 16.7 Å². The standard InChI is InChI=1S/C11H14ClNO2S/c1-13(2)5-6-16-10-4-3-8(11(14)15)7-9(10)12/h3-4,7H,5-6H2,1-2H3,(H,14,15). The van der Waals surface area contributed by atoms with Gasteiger partial charge in [-0.3, -0.25) is 0 Å². The largest absolute Gasteiger partial charge is 0.478 e. The lowest BCUT2D eigenvalue weighted by Crippen LogP contribution is -2.14. The highest BCUT2D eigenvalue weighted by molar-refractivity contribution is 7.99. The van der Waals surface area contributed by atoms with Gasteiger partial charge in [-0.2, -0.15) is 0 Å². The molecule has 1 aromatic carbocycles. The number of benzene rings is 1. The van der Waals surface area contributed by atoms with Crippen LogP contribution in [-0.4, -0.2) is 42.4 Å². The molecule has 5 heteroatoms. The van der Waals surface area contributed by atoms with Crippen molar-refractivity contribution >= 4 is 29.3 Å². The monoisotopic (exact) mass is 259 g/mol. The van der Waals surface area contributed by atoms with Gasteiger partial charge in [-0.15, -0.1) is 11.8 Å². The van der Waals surface area contributed by atoms with Crippen LogP contribution in [0, 0.1) is 0 Å². The molecular formula is C11H14ClNO2S. The molecule has 0 aromatic heterocycles. The smallest absolute Gasteiger partial charge is 0.335 e. The molecule has 0 saturated heterocycles. The van der Waals surface area contributed by atoms with Gasteiger partial charge in [-0.05, 0) is 32.3 Å². The molecule has 1 N–H and O–H groups in total. The highest BCUT2D eigenvalue weighted by Crippen LogP contribution is 2.27. The van der Waals surface area contributed by atoms with Gasteiger partial charge in [0.2, 0.25) is 0 Å². The third-order valence-corrected chi connectivity index (χ3v) is 3.45. The van der Waals surface area contributed by atoms with Gasteiger partial charge >= 0.3 is 5.97 Å². The average Bonchev–Trinajstić information content (AvgIpc) is 2.19. The second-order valence-electron chi connectivity index (χ2n) is 3.60. The van der Waals surface area contributed by atoms with Crippen LogP contribution in [0.15, 0.2) is 23.1 Å². The van der Waals surface area contributed by atoms with E-state index >= 15 is 0 Å². The van der Waals surface area contributed by atoms with E-state index in [1.54, 1.807) is 23.9 Å². The van der Waals surface area contributed by atoms with Crippen LogP contribution in [0.5, 0.6) is 0 Å². The van der Waals surface area contributed by atoms with Gasteiger partial charge < -0.3 is 10.0 Å². The van der Waals surface area contributed by atoms with E-state index < -0.39 is 5.97 Å². The number of hydrogen-bond donors (Lipinski definition) is 1. The maximum absolute atomic E-state index is 10.7. The van der Waals surface area contributed by atoms with Crippen LogP contribution in [0.25, 0.3) is 0 Å². The van der Waals surface area contributed by atoms with Gasteiger partial charge in [0, 0.05) is 17.2 Å². The highest BCUT2D eigenvalue weighted by atomic mass is 35.5. The lowest BCUT2D eigenvalue weighted by molar-refractivity contribution is 0.0697. The zero-order valence-electron chi connectivity index (χ0n) is 9.24. The molecule has 0 aliphatic heterocycles. The van der Waals surface area contributed by atoms with E-state index in [-0.39, 0.29) is 5.56 Å². The molecule has 1 aromatic rings. The van der Waals surface area contributed by atoms with E-state index in [9.17, 15) is 4.79 Å². The molecule has 0 aliphatic carbocycles. The zero-order chi connectivity index (χ0) is 12.1. The Morgan fingerprint density at radius 1 is 1.50 bits per heavy atom. The average molecular weight is 260 g/mol. The molecule has 0 amide bonds. The maximum Gasteiger partial charge on any atom is 0.335 e. The Morgan fingerprint density at radius 2 is 2.19 bits per heavy atom. The molecule has 0 heterocycles. The Bertz CT molecular complexity index is 382. The lowest BCUT2D eigenvalue weighted by Gasteiger charge is -2.09. The Kier molecular flexibility index (Phi) is 5.12. The number of rotatable bonds is 5. The molecule has 0 aliphatic rings. The van der Waals surface area contributed by atoms with Crippen molar-refractivity contribution in [2.75, 3.05) is 26.4 Å². The predicted octanol–water partition coefficient (Wildman–Crippen LogP) is 2.69. The van der Waals surface area contributed by atoms with Gasteiger partial charge in [0.05, 0.1) is 10.6 Å². The Balaban J connectivity index is 2.64. The summed E-state index contributed by atoms with van der Waals surface area (Å²) >= 11 is 7.62. The Labute approximate surface area is 104 Å². The SMILES string of the molecule is CN(C)CCSc1ccc(C(=O)O)cc1Cl. The molecule has 0 radical (unpaired) electrons. The number of hydrogen-bond acceptors (Lipinski definition) is 3. The van der Waals surface area contributed by atoms with E-state index in [2.05, 4.69) is 4.90 Å². The van der Waals surface area contributed by atoms with Crippen molar-refractivity contribution in [2.45, 2.75) is 4.90 Å². The predicted molar refractivity (Wildman–Crippen MR) is 67.7 cm³/mol. The van der Waals surface area contributed by atoms with E-state index in [0.717, 1.165) is 17.2 Å². The molecule has 1 rings (SSSR count). The van der Waals surface area contributed by atoms with Crippen molar-refractivity contribution in [3.8, 4) is 0 Å². The van der Waals surface area contributed by atoms with Crippen LogP contribution in [-0.2, 0) is 0 Å². The van der Waals surface area contributed by atoms with E-state index in [1.165, 1.54) is 6.07 Å². The molecule has 0 saturated carbocycles. The van der Waals surface area contributed by atoms with Crippen molar-refractivity contribution in [3.05, 3.63) is 28.8 Å². The zero-order valence-corrected chi connectivity index (χ0v) is 10.8. The second-order valence-corrected chi connectivity index (χ2v) is 5.15. The summed E-state index contributed by atoms with van der Waals surface area (Å²) in [6, 6.07) is 4.82. The molecule has 88 valence electrons. The van der Waals surface area contributed by atoms with Gasteiger partial charge in [-0.1, -0.05) is 11.6 Å². The summed E-state index contributed by atoms with van der Waals surface area (Å²) in [6.45, 7) is 0.960. The number of carbonyl (C=O) groups is 1. The van der Waals surface area contributed by atoms with E-state index in [1.807, 2.05) is 14.1 Å².